The molecule has 1 aromatic carbocycles. The molecule has 110 valence electrons. The maximum Gasteiger partial charge on any atom is 0.260 e. The average molecular weight is 306 g/mol. The molecule has 1 heterocycles. The predicted octanol–water partition coefficient (Wildman–Crippen LogP) is 2.48. The number of rotatable bonds is 4. The minimum Gasteiger partial charge on any atom is -0.398 e. The average Bonchev–Trinajstić information content (AvgIpc) is 2.49. The largest absolute Gasteiger partial charge is 0.398 e. The van der Waals surface area contributed by atoms with Crippen molar-refractivity contribution >= 4 is 29.1 Å². The molecular weight excluding hydrogens is 290 g/mol. The van der Waals surface area contributed by atoms with Crippen molar-refractivity contribution in [1.29, 1.82) is 0 Å². The summed E-state index contributed by atoms with van der Waals surface area (Å²) >= 11 is 5.87. The zero-order chi connectivity index (χ0) is 15.4. The highest BCUT2D eigenvalue weighted by atomic mass is 35.5. The Morgan fingerprint density at radius 3 is 2.62 bits per heavy atom. The Labute approximate surface area is 127 Å². The Kier molecular flexibility index (Phi) is 4.70. The number of amides is 1. The molecule has 0 aliphatic heterocycles. The van der Waals surface area contributed by atoms with Crippen LogP contribution in [0.3, 0.4) is 0 Å². The SMILES string of the molecule is CCc1nnc(NC(=O)c2cc(Cl)ccc2N)nc1CC. The lowest BCUT2D eigenvalue weighted by Gasteiger charge is -2.08. The van der Waals surface area contributed by atoms with Gasteiger partial charge in [0, 0.05) is 10.7 Å². The second-order valence-electron chi connectivity index (χ2n) is 4.42. The summed E-state index contributed by atoms with van der Waals surface area (Å²) in [6.45, 7) is 3.96. The van der Waals surface area contributed by atoms with Gasteiger partial charge in [-0.15, -0.1) is 10.2 Å². The maximum atomic E-state index is 12.2. The van der Waals surface area contributed by atoms with Crippen molar-refractivity contribution in [3.63, 3.8) is 0 Å². The number of benzene rings is 1. The van der Waals surface area contributed by atoms with Crippen LogP contribution in [0.5, 0.6) is 0 Å². The molecule has 2 rings (SSSR count). The first-order valence-corrected chi connectivity index (χ1v) is 7.01. The molecule has 0 saturated heterocycles. The normalized spacial score (nSPS) is 10.4. The third-order valence-corrected chi connectivity index (χ3v) is 3.23. The topological polar surface area (TPSA) is 93.8 Å². The monoisotopic (exact) mass is 305 g/mol. The van der Waals surface area contributed by atoms with Gasteiger partial charge in [-0.3, -0.25) is 10.1 Å². The Bertz CT molecular complexity index is 674. The number of halogens is 1. The van der Waals surface area contributed by atoms with Crippen molar-refractivity contribution in [2.45, 2.75) is 26.7 Å². The van der Waals surface area contributed by atoms with E-state index in [1.807, 2.05) is 13.8 Å². The van der Waals surface area contributed by atoms with Crippen LogP contribution < -0.4 is 11.1 Å². The molecule has 1 aromatic heterocycles. The van der Waals surface area contributed by atoms with Crippen LogP contribution in [0.1, 0.15) is 35.6 Å². The lowest BCUT2D eigenvalue weighted by Crippen LogP contribution is -2.17. The van der Waals surface area contributed by atoms with Gasteiger partial charge in [0.2, 0.25) is 5.95 Å². The van der Waals surface area contributed by atoms with Gasteiger partial charge in [-0.1, -0.05) is 25.4 Å². The van der Waals surface area contributed by atoms with Crippen LogP contribution in [0.25, 0.3) is 0 Å². The van der Waals surface area contributed by atoms with Gasteiger partial charge in [0.1, 0.15) is 0 Å². The minimum atomic E-state index is -0.414. The van der Waals surface area contributed by atoms with Crippen LogP contribution in [0.15, 0.2) is 18.2 Å². The van der Waals surface area contributed by atoms with Crippen LogP contribution in [0, 0.1) is 0 Å². The van der Waals surface area contributed by atoms with Gasteiger partial charge in [-0.25, -0.2) is 4.98 Å². The second kappa shape index (κ2) is 6.49. The molecule has 0 bridgehead atoms. The van der Waals surface area contributed by atoms with E-state index in [0.29, 0.717) is 10.7 Å². The number of hydrogen-bond acceptors (Lipinski definition) is 5. The summed E-state index contributed by atoms with van der Waals surface area (Å²) < 4.78 is 0. The Morgan fingerprint density at radius 1 is 1.24 bits per heavy atom. The molecule has 0 aliphatic rings. The number of carbonyl (C=O) groups excluding carboxylic acids is 1. The molecule has 6 nitrogen and oxygen atoms in total. The summed E-state index contributed by atoms with van der Waals surface area (Å²) in [5.41, 5.74) is 8.04. The van der Waals surface area contributed by atoms with Crippen LogP contribution in [-0.4, -0.2) is 21.1 Å². The first-order valence-electron chi connectivity index (χ1n) is 6.64. The summed E-state index contributed by atoms with van der Waals surface area (Å²) in [6, 6.07) is 4.70. The van der Waals surface area contributed by atoms with Gasteiger partial charge >= 0.3 is 0 Å². The molecular formula is C14H16ClN5O. The lowest BCUT2D eigenvalue weighted by atomic mass is 10.1. The lowest BCUT2D eigenvalue weighted by molar-refractivity contribution is 0.102. The van der Waals surface area contributed by atoms with Crippen LogP contribution in [-0.2, 0) is 12.8 Å². The third kappa shape index (κ3) is 3.46. The number of carbonyl (C=O) groups is 1. The van der Waals surface area contributed by atoms with Crippen molar-refractivity contribution in [2.24, 2.45) is 0 Å². The Hall–Kier alpha value is -2.21. The van der Waals surface area contributed by atoms with Gasteiger partial charge in [-0.2, -0.15) is 0 Å². The molecule has 21 heavy (non-hydrogen) atoms. The molecule has 0 atom stereocenters. The number of hydrogen-bond donors (Lipinski definition) is 2. The smallest absolute Gasteiger partial charge is 0.260 e. The van der Waals surface area contributed by atoms with E-state index in [1.165, 1.54) is 6.07 Å². The van der Waals surface area contributed by atoms with E-state index in [0.717, 1.165) is 24.2 Å². The quantitative estimate of drug-likeness (QED) is 0.846. The zero-order valence-electron chi connectivity index (χ0n) is 11.9. The number of nitrogens with zero attached hydrogens (tertiary/aromatic N) is 3. The number of nitrogens with one attached hydrogen (secondary N) is 1. The van der Waals surface area contributed by atoms with E-state index in [2.05, 4.69) is 20.5 Å². The summed E-state index contributed by atoms with van der Waals surface area (Å²) in [5.74, 6) is -0.253. The number of nitrogen functional groups attached to an aromatic ring is 1. The molecule has 0 spiro atoms. The van der Waals surface area contributed by atoms with E-state index >= 15 is 0 Å². The van der Waals surface area contributed by atoms with Gasteiger partial charge in [0.15, 0.2) is 0 Å². The summed E-state index contributed by atoms with van der Waals surface area (Å²) in [5, 5.41) is 11.0. The second-order valence-corrected chi connectivity index (χ2v) is 4.86. The first-order chi connectivity index (χ1) is 10.0. The number of anilines is 2. The van der Waals surface area contributed by atoms with Crippen molar-refractivity contribution < 1.29 is 4.79 Å². The van der Waals surface area contributed by atoms with E-state index in [1.54, 1.807) is 12.1 Å². The zero-order valence-corrected chi connectivity index (χ0v) is 12.6. The molecule has 7 heteroatoms. The number of aromatic nitrogens is 3. The molecule has 2 aromatic rings. The van der Waals surface area contributed by atoms with Gasteiger partial charge in [0.25, 0.3) is 5.91 Å². The number of aryl methyl sites for hydroxylation is 2. The van der Waals surface area contributed by atoms with Crippen LogP contribution in [0.2, 0.25) is 5.02 Å². The molecule has 1 amide bonds. The van der Waals surface area contributed by atoms with Gasteiger partial charge in [0.05, 0.1) is 17.0 Å². The fraction of sp³-hybridized carbons (Fsp3) is 0.286. The Morgan fingerprint density at radius 2 is 1.95 bits per heavy atom. The fourth-order valence-electron chi connectivity index (χ4n) is 1.89. The van der Waals surface area contributed by atoms with Crippen LogP contribution >= 0.6 is 11.6 Å². The maximum absolute atomic E-state index is 12.2. The van der Waals surface area contributed by atoms with Crippen molar-refractivity contribution in [3.8, 4) is 0 Å². The highest BCUT2D eigenvalue weighted by Gasteiger charge is 2.13. The van der Waals surface area contributed by atoms with Crippen LogP contribution in [0.4, 0.5) is 11.6 Å². The minimum absolute atomic E-state index is 0.161. The van der Waals surface area contributed by atoms with E-state index < -0.39 is 5.91 Å². The highest BCUT2D eigenvalue weighted by molar-refractivity contribution is 6.31. The number of nitrogens with two attached hydrogens (primary N) is 1. The van der Waals surface area contributed by atoms with E-state index in [9.17, 15) is 4.79 Å². The molecule has 0 aliphatic carbocycles. The highest BCUT2D eigenvalue weighted by Crippen LogP contribution is 2.19. The first kappa shape index (κ1) is 15.2. The third-order valence-electron chi connectivity index (χ3n) is 2.99. The van der Waals surface area contributed by atoms with E-state index in [-0.39, 0.29) is 11.5 Å². The van der Waals surface area contributed by atoms with Gasteiger partial charge in [-0.05, 0) is 31.0 Å². The van der Waals surface area contributed by atoms with Crippen molar-refractivity contribution in [2.75, 3.05) is 11.1 Å². The van der Waals surface area contributed by atoms with E-state index in [4.69, 9.17) is 17.3 Å². The summed E-state index contributed by atoms with van der Waals surface area (Å²) in [7, 11) is 0. The van der Waals surface area contributed by atoms with Crippen molar-refractivity contribution in [3.05, 3.63) is 40.2 Å². The molecule has 0 fully saturated rings. The van der Waals surface area contributed by atoms with Crippen molar-refractivity contribution in [1.82, 2.24) is 15.2 Å². The molecule has 0 unspecified atom stereocenters. The summed E-state index contributed by atoms with van der Waals surface area (Å²) in [4.78, 5) is 16.5. The molecule has 3 N–H and O–H groups in total. The predicted molar refractivity (Wildman–Crippen MR) is 82.4 cm³/mol. The summed E-state index contributed by atoms with van der Waals surface area (Å²) in [6.07, 6.45) is 1.47. The van der Waals surface area contributed by atoms with Gasteiger partial charge < -0.3 is 5.73 Å². The molecule has 0 saturated carbocycles. The Balaban J connectivity index is 2.25. The fourth-order valence-corrected chi connectivity index (χ4v) is 2.06. The standard InChI is InChI=1S/C14H16ClN5O/c1-3-11-12(4-2)19-20-14(17-11)18-13(21)9-7-8(15)5-6-10(9)16/h5-7H,3-4,16H2,1-2H3,(H,17,18,20,21). The molecule has 0 radical (unpaired) electrons.